The summed E-state index contributed by atoms with van der Waals surface area (Å²) < 4.78 is 5.42. The zero-order valence-electron chi connectivity index (χ0n) is 12.2. The second kappa shape index (κ2) is 7.22. The van der Waals surface area contributed by atoms with Crippen LogP contribution < -0.4 is 10.2 Å². The van der Waals surface area contributed by atoms with Crippen molar-refractivity contribution in [2.24, 2.45) is 0 Å². The Bertz CT molecular complexity index is 386. The van der Waals surface area contributed by atoms with Gasteiger partial charge in [0.25, 0.3) is 0 Å². The van der Waals surface area contributed by atoms with Gasteiger partial charge < -0.3 is 15.0 Å². The number of ether oxygens (including phenoxy) is 1. The van der Waals surface area contributed by atoms with E-state index in [4.69, 9.17) is 9.72 Å². The molecule has 19 heavy (non-hydrogen) atoms. The Morgan fingerprint density at radius 1 is 1.37 bits per heavy atom. The molecular formula is C14H25N3OS. The molecule has 1 aromatic rings. The molecule has 2 heterocycles. The van der Waals surface area contributed by atoms with Gasteiger partial charge in [-0.05, 0) is 25.8 Å². The van der Waals surface area contributed by atoms with E-state index in [9.17, 15) is 0 Å². The minimum Gasteiger partial charge on any atom is -0.381 e. The molecule has 1 fully saturated rings. The maximum atomic E-state index is 5.42. The molecule has 2 rings (SSSR count). The third kappa shape index (κ3) is 3.68. The van der Waals surface area contributed by atoms with Crippen molar-refractivity contribution in [3.8, 4) is 0 Å². The average molecular weight is 283 g/mol. The molecule has 108 valence electrons. The van der Waals surface area contributed by atoms with Crippen molar-refractivity contribution in [1.29, 1.82) is 0 Å². The van der Waals surface area contributed by atoms with Crippen LogP contribution in [0, 0.1) is 0 Å². The number of nitrogens with zero attached hydrogens (tertiary/aromatic N) is 2. The maximum Gasteiger partial charge on any atom is 0.185 e. The second-order valence-electron chi connectivity index (χ2n) is 4.92. The third-order valence-electron chi connectivity index (χ3n) is 3.68. The van der Waals surface area contributed by atoms with Crippen LogP contribution >= 0.6 is 11.3 Å². The van der Waals surface area contributed by atoms with Crippen molar-refractivity contribution in [2.75, 3.05) is 31.6 Å². The average Bonchev–Trinajstić information content (AvgIpc) is 2.88. The van der Waals surface area contributed by atoms with Gasteiger partial charge in [0.1, 0.15) is 0 Å². The lowest BCUT2D eigenvalue weighted by molar-refractivity contribution is 0.0819. The number of rotatable bonds is 6. The van der Waals surface area contributed by atoms with Crippen LogP contribution in [0.15, 0.2) is 0 Å². The topological polar surface area (TPSA) is 37.4 Å². The number of anilines is 1. The van der Waals surface area contributed by atoms with Crippen molar-refractivity contribution < 1.29 is 4.74 Å². The summed E-state index contributed by atoms with van der Waals surface area (Å²) in [5, 5.41) is 4.60. The SMILES string of the molecule is CCNCc1sc(N2CCC(OC)CC2)nc1CC. The number of aromatic nitrogens is 1. The predicted octanol–water partition coefficient (Wildman–Crippen LogP) is 2.43. The second-order valence-corrected chi connectivity index (χ2v) is 5.98. The van der Waals surface area contributed by atoms with E-state index in [0.29, 0.717) is 6.10 Å². The Morgan fingerprint density at radius 2 is 2.11 bits per heavy atom. The molecule has 1 N–H and O–H groups in total. The van der Waals surface area contributed by atoms with Crippen molar-refractivity contribution in [1.82, 2.24) is 10.3 Å². The van der Waals surface area contributed by atoms with Gasteiger partial charge >= 0.3 is 0 Å². The Kier molecular flexibility index (Phi) is 5.60. The fourth-order valence-corrected chi connectivity index (χ4v) is 3.61. The molecular weight excluding hydrogens is 258 g/mol. The Hall–Kier alpha value is -0.650. The van der Waals surface area contributed by atoms with Gasteiger partial charge in [-0.15, -0.1) is 11.3 Å². The molecule has 1 aliphatic heterocycles. The molecule has 1 aromatic heterocycles. The van der Waals surface area contributed by atoms with Crippen LogP contribution in [0.5, 0.6) is 0 Å². The number of hydrogen-bond acceptors (Lipinski definition) is 5. The molecule has 0 bridgehead atoms. The van der Waals surface area contributed by atoms with E-state index in [-0.39, 0.29) is 0 Å². The van der Waals surface area contributed by atoms with E-state index in [1.54, 1.807) is 0 Å². The number of thiazole rings is 1. The number of aryl methyl sites for hydroxylation is 1. The van der Waals surface area contributed by atoms with Crippen LogP contribution in [0.3, 0.4) is 0 Å². The summed E-state index contributed by atoms with van der Waals surface area (Å²) in [6.45, 7) is 8.42. The van der Waals surface area contributed by atoms with Crippen molar-refractivity contribution in [2.45, 2.75) is 45.8 Å². The van der Waals surface area contributed by atoms with Gasteiger partial charge in [0.05, 0.1) is 11.8 Å². The molecule has 0 unspecified atom stereocenters. The van der Waals surface area contributed by atoms with Crippen LogP contribution in [0.4, 0.5) is 5.13 Å². The van der Waals surface area contributed by atoms with Crippen molar-refractivity contribution >= 4 is 16.5 Å². The molecule has 0 radical (unpaired) electrons. The first kappa shape index (κ1) is 14.8. The highest BCUT2D eigenvalue weighted by atomic mass is 32.1. The van der Waals surface area contributed by atoms with E-state index >= 15 is 0 Å². The quantitative estimate of drug-likeness (QED) is 0.870. The largest absolute Gasteiger partial charge is 0.381 e. The smallest absolute Gasteiger partial charge is 0.185 e. The number of hydrogen-bond donors (Lipinski definition) is 1. The van der Waals surface area contributed by atoms with E-state index < -0.39 is 0 Å². The summed E-state index contributed by atoms with van der Waals surface area (Å²) in [6, 6.07) is 0. The predicted molar refractivity (Wildman–Crippen MR) is 81.1 cm³/mol. The summed E-state index contributed by atoms with van der Waals surface area (Å²) in [7, 11) is 1.81. The zero-order chi connectivity index (χ0) is 13.7. The van der Waals surface area contributed by atoms with Crippen LogP contribution in [0.2, 0.25) is 0 Å². The van der Waals surface area contributed by atoms with Gasteiger partial charge in [-0.2, -0.15) is 0 Å². The van der Waals surface area contributed by atoms with Crippen LogP contribution in [0.25, 0.3) is 0 Å². The van der Waals surface area contributed by atoms with Crippen LogP contribution in [-0.2, 0) is 17.7 Å². The maximum absolute atomic E-state index is 5.42. The first-order valence-electron chi connectivity index (χ1n) is 7.25. The van der Waals surface area contributed by atoms with Crippen LogP contribution in [0.1, 0.15) is 37.3 Å². The van der Waals surface area contributed by atoms with Gasteiger partial charge in [0, 0.05) is 31.6 Å². The van der Waals surface area contributed by atoms with Crippen molar-refractivity contribution in [3.63, 3.8) is 0 Å². The molecule has 0 atom stereocenters. The van der Waals surface area contributed by atoms with E-state index in [2.05, 4.69) is 24.1 Å². The van der Waals surface area contributed by atoms with Gasteiger partial charge in [0.2, 0.25) is 0 Å². The van der Waals surface area contributed by atoms with E-state index in [1.807, 2.05) is 18.4 Å². The molecule has 1 aliphatic rings. The zero-order valence-corrected chi connectivity index (χ0v) is 13.1. The summed E-state index contributed by atoms with van der Waals surface area (Å²) in [6.07, 6.45) is 3.68. The number of nitrogens with one attached hydrogen (secondary N) is 1. The normalized spacial score (nSPS) is 17.1. The Balaban J connectivity index is 2.02. The lowest BCUT2D eigenvalue weighted by Crippen LogP contribution is -2.36. The molecule has 0 aliphatic carbocycles. The minimum absolute atomic E-state index is 0.433. The summed E-state index contributed by atoms with van der Waals surface area (Å²) in [4.78, 5) is 8.63. The third-order valence-corrected chi connectivity index (χ3v) is 4.84. The molecule has 4 nitrogen and oxygen atoms in total. The lowest BCUT2D eigenvalue weighted by atomic mass is 10.1. The molecule has 0 aromatic carbocycles. The highest BCUT2D eigenvalue weighted by Crippen LogP contribution is 2.29. The first-order valence-corrected chi connectivity index (χ1v) is 8.07. The molecule has 0 spiro atoms. The Morgan fingerprint density at radius 3 is 2.68 bits per heavy atom. The fourth-order valence-electron chi connectivity index (χ4n) is 2.44. The van der Waals surface area contributed by atoms with Gasteiger partial charge in [-0.1, -0.05) is 13.8 Å². The first-order chi connectivity index (χ1) is 9.28. The lowest BCUT2D eigenvalue weighted by Gasteiger charge is -2.30. The van der Waals surface area contributed by atoms with Gasteiger partial charge in [0.15, 0.2) is 5.13 Å². The van der Waals surface area contributed by atoms with Gasteiger partial charge in [-0.3, -0.25) is 0 Å². The number of methoxy groups -OCH3 is 1. The minimum atomic E-state index is 0.433. The molecule has 5 heteroatoms. The fraction of sp³-hybridized carbons (Fsp3) is 0.786. The molecule has 0 amide bonds. The monoisotopic (exact) mass is 283 g/mol. The highest BCUT2D eigenvalue weighted by Gasteiger charge is 2.22. The van der Waals surface area contributed by atoms with E-state index in [1.165, 1.54) is 15.7 Å². The summed E-state index contributed by atoms with van der Waals surface area (Å²) in [5.74, 6) is 0. The van der Waals surface area contributed by atoms with Crippen molar-refractivity contribution in [3.05, 3.63) is 10.6 Å². The van der Waals surface area contributed by atoms with E-state index in [0.717, 1.165) is 45.4 Å². The van der Waals surface area contributed by atoms with Gasteiger partial charge in [-0.25, -0.2) is 4.98 Å². The Labute approximate surface area is 120 Å². The summed E-state index contributed by atoms with van der Waals surface area (Å²) >= 11 is 1.85. The van der Waals surface area contributed by atoms with Crippen LogP contribution in [-0.4, -0.2) is 37.8 Å². The molecule has 0 saturated carbocycles. The highest BCUT2D eigenvalue weighted by molar-refractivity contribution is 7.15. The summed E-state index contributed by atoms with van der Waals surface area (Å²) in [5.41, 5.74) is 1.26. The standard InChI is InChI=1S/C14H25N3OS/c1-4-12-13(10-15-5-2)19-14(16-12)17-8-6-11(18-3)7-9-17/h11,15H,4-10H2,1-3H3. The number of piperidine rings is 1. The molecule has 1 saturated heterocycles.